The number of piperazine rings is 1. The zero-order valence-electron chi connectivity index (χ0n) is 15.4. The summed E-state index contributed by atoms with van der Waals surface area (Å²) in [6, 6.07) is 15.8. The fourth-order valence-electron chi connectivity index (χ4n) is 4.23. The van der Waals surface area contributed by atoms with Gasteiger partial charge in [-0.05, 0) is 41.7 Å². The average molecular weight is 383 g/mol. The predicted molar refractivity (Wildman–Crippen MR) is 106 cm³/mol. The third-order valence-corrected chi connectivity index (χ3v) is 5.86. The van der Waals surface area contributed by atoms with Crippen molar-refractivity contribution in [2.24, 2.45) is 5.92 Å². The summed E-state index contributed by atoms with van der Waals surface area (Å²) in [5.41, 5.74) is 3.44. The zero-order chi connectivity index (χ0) is 19.0. The van der Waals surface area contributed by atoms with Gasteiger partial charge in [-0.1, -0.05) is 54.9 Å². The summed E-state index contributed by atoms with van der Waals surface area (Å²) in [6.07, 6.45) is 1.52. The van der Waals surface area contributed by atoms with E-state index in [1.54, 1.807) is 4.90 Å². The molecule has 2 aliphatic heterocycles. The Morgan fingerprint density at radius 2 is 2.00 bits per heavy atom. The summed E-state index contributed by atoms with van der Waals surface area (Å²) in [6.45, 7) is 3.36. The van der Waals surface area contributed by atoms with Crippen LogP contribution in [0.2, 0.25) is 5.02 Å². The summed E-state index contributed by atoms with van der Waals surface area (Å²) in [5.74, 6) is -0.0905. The number of carbonyl (C=O) groups excluding carboxylic acids is 2. The van der Waals surface area contributed by atoms with Crippen LogP contribution in [-0.4, -0.2) is 41.2 Å². The van der Waals surface area contributed by atoms with Crippen molar-refractivity contribution in [3.8, 4) is 0 Å². The Morgan fingerprint density at radius 1 is 1.22 bits per heavy atom. The second-order valence-corrected chi connectivity index (χ2v) is 7.94. The van der Waals surface area contributed by atoms with Crippen LogP contribution in [0.4, 0.5) is 0 Å². The van der Waals surface area contributed by atoms with Gasteiger partial charge in [0.1, 0.15) is 0 Å². The molecule has 1 fully saturated rings. The number of benzene rings is 2. The Morgan fingerprint density at radius 3 is 2.78 bits per heavy atom. The van der Waals surface area contributed by atoms with Gasteiger partial charge in [-0.25, -0.2) is 0 Å². The third-order valence-electron chi connectivity index (χ3n) is 5.62. The second kappa shape index (κ2) is 7.35. The minimum atomic E-state index is -0.158. The number of hydrogen-bond acceptors (Lipinski definition) is 2. The topological polar surface area (TPSA) is 40.6 Å². The molecule has 4 rings (SSSR count). The minimum Gasteiger partial charge on any atom is -0.332 e. The Bertz CT molecular complexity index is 868. The van der Waals surface area contributed by atoms with Crippen LogP contribution in [0.3, 0.4) is 0 Å². The van der Waals surface area contributed by atoms with E-state index in [0.717, 1.165) is 17.5 Å². The lowest BCUT2D eigenvalue weighted by atomic mass is 9.90. The van der Waals surface area contributed by atoms with Crippen molar-refractivity contribution in [3.63, 3.8) is 0 Å². The van der Waals surface area contributed by atoms with Crippen LogP contribution in [0.25, 0.3) is 0 Å². The van der Waals surface area contributed by atoms with Crippen LogP contribution in [0.5, 0.6) is 0 Å². The minimum absolute atomic E-state index is 0.0251. The molecule has 2 aliphatic rings. The molecule has 2 aromatic rings. The first-order valence-electron chi connectivity index (χ1n) is 9.43. The summed E-state index contributed by atoms with van der Waals surface area (Å²) in [4.78, 5) is 29.4. The van der Waals surface area contributed by atoms with Crippen molar-refractivity contribution in [1.82, 2.24) is 9.80 Å². The van der Waals surface area contributed by atoms with Crippen LogP contribution >= 0.6 is 11.6 Å². The number of nitrogens with zero attached hydrogens (tertiary/aromatic N) is 2. The van der Waals surface area contributed by atoms with E-state index in [9.17, 15) is 9.59 Å². The van der Waals surface area contributed by atoms with Gasteiger partial charge in [-0.3, -0.25) is 9.59 Å². The highest BCUT2D eigenvalue weighted by Crippen LogP contribution is 2.35. The SMILES string of the molecule is CC(Cc1ccccc1)C(=O)N1CC(=O)N2CCc3ccc(Cl)cc3C2C1. The molecule has 0 spiro atoms. The summed E-state index contributed by atoms with van der Waals surface area (Å²) in [7, 11) is 0. The van der Waals surface area contributed by atoms with E-state index in [4.69, 9.17) is 11.6 Å². The number of carbonyl (C=O) groups is 2. The van der Waals surface area contributed by atoms with E-state index in [1.165, 1.54) is 5.56 Å². The monoisotopic (exact) mass is 382 g/mol. The highest BCUT2D eigenvalue weighted by atomic mass is 35.5. The highest BCUT2D eigenvalue weighted by Gasteiger charge is 2.39. The van der Waals surface area contributed by atoms with Crippen molar-refractivity contribution in [2.45, 2.75) is 25.8 Å². The van der Waals surface area contributed by atoms with Crippen LogP contribution in [-0.2, 0) is 22.4 Å². The van der Waals surface area contributed by atoms with Crippen molar-refractivity contribution >= 4 is 23.4 Å². The third kappa shape index (κ3) is 3.59. The molecule has 5 heteroatoms. The smallest absolute Gasteiger partial charge is 0.242 e. The molecule has 0 N–H and O–H groups in total. The molecule has 0 saturated carbocycles. The van der Waals surface area contributed by atoms with Crippen molar-refractivity contribution in [3.05, 3.63) is 70.2 Å². The Balaban J connectivity index is 1.54. The molecule has 2 unspecified atom stereocenters. The van der Waals surface area contributed by atoms with E-state index >= 15 is 0 Å². The van der Waals surface area contributed by atoms with Crippen molar-refractivity contribution in [1.29, 1.82) is 0 Å². The van der Waals surface area contributed by atoms with Crippen LogP contribution in [0.1, 0.15) is 29.7 Å². The number of rotatable bonds is 3. The molecule has 2 amide bonds. The van der Waals surface area contributed by atoms with Gasteiger partial charge >= 0.3 is 0 Å². The second-order valence-electron chi connectivity index (χ2n) is 7.51. The first-order chi connectivity index (χ1) is 13.0. The molecule has 0 aromatic heterocycles. The lowest BCUT2D eigenvalue weighted by molar-refractivity contribution is -0.151. The highest BCUT2D eigenvalue weighted by molar-refractivity contribution is 6.30. The summed E-state index contributed by atoms with van der Waals surface area (Å²) in [5, 5.41) is 0.670. The molecule has 0 aliphatic carbocycles. The molecule has 2 aromatic carbocycles. The standard InChI is InChI=1S/C22H23ClN2O2/c1-15(11-16-5-3-2-4-6-16)22(27)24-13-20-19-12-18(23)8-7-17(19)9-10-25(20)21(26)14-24/h2-8,12,15,20H,9-11,13-14H2,1H3. The van der Waals surface area contributed by atoms with Gasteiger partial charge in [-0.15, -0.1) is 0 Å². The number of amides is 2. The molecular formula is C22H23ClN2O2. The largest absolute Gasteiger partial charge is 0.332 e. The molecule has 2 atom stereocenters. The fourth-order valence-corrected chi connectivity index (χ4v) is 4.41. The van der Waals surface area contributed by atoms with E-state index in [2.05, 4.69) is 0 Å². The van der Waals surface area contributed by atoms with Crippen molar-refractivity contribution in [2.75, 3.05) is 19.6 Å². The zero-order valence-corrected chi connectivity index (χ0v) is 16.2. The Labute approximate surface area is 164 Å². The van der Waals surface area contributed by atoms with Gasteiger partial charge in [0.05, 0.1) is 12.6 Å². The molecule has 4 nitrogen and oxygen atoms in total. The molecule has 0 bridgehead atoms. The van der Waals surface area contributed by atoms with Crippen LogP contribution < -0.4 is 0 Å². The number of hydrogen-bond donors (Lipinski definition) is 0. The summed E-state index contributed by atoms with van der Waals surface area (Å²) >= 11 is 6.20. The van der Waals surface area contributed by atoms with Gasteiger partial charge in [0.15, 0.2) is 0 Å². The lowest BCUT2D eigenvalue weighted by Crippen LogP contribution is -2.56. The first kappa shape index (κ1) is 18.1. The quantitative estimate of drug-likeness (QED) is 0.815. The number of halogens is 1. The lowest BCUT2D eigenvalue weighted by Gasteiger charge is -2.45. The number of fused-ring (bicyclic) bond motifs is 3. The molecule has 1 saturated heterocycles. The van der Waals surface area contributed by atoms with E-state index < -0.39 is 0 Å². The molecular weight excluding hydrogens is 360 g/mol. The van der Waals surface area contributed by atoms with Crippen molar-refractivity contribution < 1.29 is 9.59 Å². The average Bonchev–Trinajstić information content (AvgIpc) is 2.68. The van der Waals surface area contributed by atoms with Gasteiger partial charge in [0, 0.05) is 24.0 Å². The fraction of sp³-hybridized carbons (Fsp3) is 0.364. The van der Waals surface area contributed by atoms with Crippen LogP contribution in [0.15, 0.2) is 48.5 Å². The van der Waals surface area contributed by atoms with E-state index in [-0.39, 0.29) is 30.3 Å². The van der Waals surface area contributed by atoms with Crippen LogP contribution in [0, 0.1) is 5.92 Å². The Kier molecular flexibility index (Phi) is 4.92. The maximum Gasteiger partial charge on any atom is 0.242 e. The maximum absolute atomic E-state index is 13.0. The first-order valence-corrected chi connectivity index (χ1v) is 9.81. The van der Waals surface area contributed by atoms with E-state index in [1.807, 2.05) is 60.4 Å². The molecule has 27 heavy (non-hydrogen) atoms. The molecule has 2 heterocycles. The predicted octanol–water partition coefficient (Wildman–Crippen LogP) is 3.49. The molecule has 140 valence electrons. The Hall–Kier alpha value is -2.33. The van der Waals surface area contributed by atoms with E-state index in [0.29, 0.717) is 24.5 Å². The van der Waals surface area contributed by atoms with Gasteiger partial charge in [0.25, 0.3) is 0 Å². The maximum atomic E-state index is 13.0. The van der Waals surface area contributed by atoms with Gasteiger partial charge in [-0.2, -0.15) is 0 Å². The summed E-state index contributed by atoms with van der Waals surface area (Å²) < 4.78 is 0. The van der Waals surface area contributed by atoms with Gasteiger partial charge in [0.2, 0.25) is 11.8 Å². The molecule has 0 radical (unpaired) electrons. The van der Waals surface area contributed by atoms with Gasteiger partial charge < -0.3 is 9.80 Å². The normalized spacial score (nSPS) is 20.1.